The van der Waals surface area contributed by atoms with E-state index in [4.69, 9.17) is 9.15 Å². The number of carbonyl (C=O) groups excluding carboxylic acids is 1. The molecule has 29 heavy (non-hydrogen) atoms. The van der Waals surface area contributed by atoms with Crippen LogP contribution < -0.4 is 15.1 Å². The number of hydrogen-bond acceptors (Lipinski definition) is 4. The van der Waals surface area contributed by atoms with Crippen LogP contribution in [0.2, 0.25) is 0 Å². The summed E-state index contributed by atoms with van der Waals surface area (Å²) in [4.78, 5) is 28.4. The Bertz CT molecular complexity index is 1280. The van der Waals surface area contributed by atoms with Crippen molar-refractivity contribution in [3.63, 3.8) is 0 Å². The van der Waals surface area contributed by atoms with Crippen molar-refractivity contribution in [1.29, 1.82) is 0 Å². The number of hydrogen-bond donors (Lipinski definition) is 0. The van der Waals surface area contributed by atoms with Gasteiger partial charge in [0.2, 0.25) is 5.76 Å². The summed E-state index contributed by atoms with van der Waals surface area (Å²) in [5.74, 6) is 0.453. The number of fused-ring (bicyclic) bond motifs is 2. The van der Waals surface area contributed by atoms with Gasteiger partial charge < -0.3 is 9.15 Å². The van der Waals surface area contributed by atoms with Gasteiger partial charge in [0.15, 0.2) is 5.43 Å². The van der Waals surface area contributed by atoms with Gasteiger partial charge in [-0.15, -0.1) is 0 Å². The predicted octanol–water partition coefficient (Wildman–Crippen LogP) is 4.55. The number of nitrogens with zero attached hydrogens (tertiary/aromatic N) is 1. The first kappa shape index (κ1) is 17.3. The van der Waals surface area contributed by atoms with Crippen molar-refractivity contribution in [3.8, 4) is 5.75 Å². The van der Waals surface area contributed by atoms with Crippen molar-refractivity contribution >= 4 is 22.6 Å². The zero-order valence-corrected chi connectivity index (χ0v) is 15.7. The molecule has 1 amide bonds. The van der Waals surface area contributed by atoms with Crippen LogP contribution in [0, 0.1) is 0 Å². The molecule has 0 spiro atoms. The quantitative estimate of drug-likeness (QED) is 0.521. The summed E-state index contributed by atoms with van der Waals surface area (Å²) in [6.45, 7) is 0. The summed E-state index contributed by atoms with van der Waals surface area (Å²) in [6, 6.07) is 23.2. The average molecular weight is 383 g/mol. The van der Waals surface area contributed by atoms with Crippen LogP contribution in [0.1, 0.15) is 27.7 Å². The molecule has 5 rings (SSSR count). The summed E-state index contributed by atoms with van der Waals surface area (Å²) < 4.78 is 11.2. The molecule has 0 radical (unpaired) electrons. The Hall–Kier alpha value is -3.86. The molecule has 1 aromatic heterocycles. The number of carbonyl (C=O) groups is 1. The van der Waals surface area contributed by atoms with Crippen LogP contribution in [0.5, 0.6) is 5.75 Å². The molecule has 0 fully saturated rings. The standard InChI is InChI=1S/C24H17NO4/c1-28-17-13-11-16(12-14-17)25-21(15-7-3-2-4-8-15)20-22(26)18-9-5-6-10-19(18)29-23(20)24(25)27/h2-14,21H,1H3. The lowest BCUT2D eigenvalue weighted by Gasteiger charge is -2.25. The second kappa shape index (κ2) is 6.63. The molecule has 5 nitrogen and oxygen atoms in total. The zero-order chi connectivity index (χ0) is 20.0. The maximum Gasteiger partial charge on any atom is 0.295 e. The van der Waals surface area contributed by atoms with Gasteiger partial charge in [-0.3, -0.25) is 14.5 Å². The lowest BCUT2D eigenvalue weighted by molar-refractivity contribution is 0.0971. The molecule has 1 aliphatic rings. The second-order valence-corrected chi connectivity index (χ2v) is 6.86. The molecule has 0 saturated carbocycles. The van der Waals surface area contributed by atoms with Crippen molar-refractivity contribution in [1.82, 2.24) is 0 Å². The van der Waals surface area contributed by atoms with Gasteiger partial charge in [-0.25, -0.2) is 0 Å². The van der Waals surface area contributed by atoms with Gasteiger partial charge in [-0.1, -0.05) is 42.5 Å². The Labute approximate surface area is 166 Å². The Balaban J connectivity index is 1.78. The van der Waals surface area contributed by atoms with Crippen molar-refractivity contribution < 1.29 is 13.9 Å². The first-order chi connectivity index (χ1) is 14.2. The fourth-order valence-corrected chi connectivity index (χ4v) is 3.88. The van der Waals surface area contributed by atoms with Crippen LogP contribution in [0.3, 0.4) is 0 Å². The number of para-hydroxylation sites is 1. The summed E-state index contributed by atoms with van der Waals surface area (Å²) in [6.07, 6.45) is 0. The number of benzene rings is 3. The number of amides is 1. The normalized spacial score (nSPS) is 15.6. The third kappa shape index (κ3) is 2.63. The fourth-order valence-electron chi connectivity index (χ4n) is 3.88. The van der Waals surface area contributed by atoms with Gasteiger partial charge in [-0.2, -0.15) is 0 Å². The van der Waals surface area contributed by atoms with Crippen LogP contribution in [0.4, 0.5) is 5.69 Å². The Morgan fingerprint density at radius 2 is 1.55 bits per heavy atom. The molecule has 142 valence electrons. The van der Waals surface area contributed by atoms with Crippen molar-refractivity contribution in [3.05, 3.63) is 106 Å². The minimum absolute atomic E-state index is 0.0957. The highest BCUT2D eigenvalue weighted by atomic mass is 16.5. The summed E-state index contributed by atoms with van der Waals surface area (Å²) >= 11 is 0. The highest BCUT2D eigenvalue weighted by Gasteiger charge is 2.43. The third-order valence-corrected chi connectivity index (χ3v) is 5.24. The molecule has 0 aliphatic carbocycles. The zero-order valence-electron chi connectivity index (χ0n) is 15.7. The van der Waals surface area contributed by atoms with E-state index in [9.17, 15) is 9.59 Å². The third-order valence-electron chi connectivity index (χ3n) is 5.24. The largest absolute Gasteiger partial charge is 0.497 e. The predicted molar refractivity (Wildman–Crippen MR) is 111 cm³/mol. The van der Waals surface area contributed by atoms with Crippen molar-refractivity contribution in [2.24, 2.45) is 0 Å². The van der Waals surface area contributed by atoms with Crippen molar-refractivity contribution in [2.45, 2.75) is 6.04 Å². The monoisotopic (exact) mass is 383 g/mol. The topological polar surface area (TPSA) is 59.8 Å². The Morgan fingerprint density at radius 3 is 2.28 bits per heavy atom. The number of anilines is 1. The maximum absolute atomic E-state index is 13.4. The molecule has 4 aromatic rings. The molecule has 1 unspecified atom stereocenters. The van der Waals surface area contributed by atoms with E-state index in [1.54, 1.807) is 48.4 Å². The molecule has 1 aliphatic heterocycles. The maximum atomic E-state index is 13.4. The Kier molecular flexibility index (Phi) is 3.95. The number of ether oxygens (including phenoxy) is 1. The van der Waals surface area contributed by atoms with E-state index >= 15 is 0 Å². The molecule has 3 aromatic carbocycles. The second-order valence-electron chi connectivity index (χ2n) is 6.86. The van der Waals surface area contributed by atoms with Crippen LogP contribution in [0.25, 0.3) is 11.0 Å². The first-order valence-electron chi connectivity index (χ1n) is 9.27. The highest BCUT2D eigenvalue weighted by molar-refractivity contribution is 6.10. The van der Waals surface area contributed by atoms with E-state index in [2.05, 4.69) is 0 Å². The van der Waals surface area contributed by atoms with E-state index in [0.717, 1.165) is 5.56 Å². The number of rotatable bonds is 3. The first-order valence-corrected chi connectivity index (χ1v) is 9.27. The summed E-state index contributed by atoms with van der Waals surface area (Å²) in [5.41, 5.74) is 2.11. The molecule has 0 bridgehead atoms. The van der Waals surface area contributed by atoms with Gasteiger partial charge in [0.1, 0.15) is 11.3 Å². The summed E-state index contributed by atoms with van der Waals surface area (Å²) in [7, 11) is 1.59. The fraction of sp³-hybridized carbons (Fsp3) is 0.0833. The van der Waals surface area contributed by atoms with E-state index in [1.165, 1.54) is 0 Å². The molecule has 5 heteroatoms. The number of methoxy groups -OCH3 is 1. The van der Waals surface area contributed by atoms with Crippen molar-refractivity contribution in [2.75, 3.05) is 12.0 Å². The smallest absolute Gasteiger partial charge is 0.295 e. The van der Waals surface area contributed by atoms with E-state index in [-0.39, 0.29) is 17.1 Å². The molecule has 0 N–H and O–H groups in total. The van der Waals surface area contributed by atoms with Gasteiger partial charge in [0.25, 0.3) is 5.91 Å². The Morgan fingerprint density at radius 1 is 0.862 bits per heavy atom. The van der Waals surface area contributed by atoms with Crippen LogP contribution in [0.15, 0.2) is 88.1 Å². The molecule has 2 heterocycles. The summed E-state index contributed by atoms with van der Waals surface area (Å²) in [5, 5.41) is 0.469. The SMILES string of the molecule is COc1ccc(N2C(=O)c3oc4ccccc4c(=O)c3C2c2ccccc2)cc1. The van der Waals surface area contributed by atoms with Crippen LogP contribution >= 0.6 is 0 Å². The van der Waals surface area contributed by atoms with Crippen LogP contribution in [-0.4, -0.2) is 13.0 Å². The molecular formula is C24H17NO4. The molecular weight excluding hydrogens is 366 g/mol. The van der Waals surface area contributed by atoms with E-state index in [1.807, 2.05) is 42.5 Å². The molecule has 0 saturated heterocycles. The highest BCUT2D eigenvalue weighted by Crippen LogP contribution is 2.41. The van der Waals surface area contributed by atoms with E-state index in [0.29, 0.717) is 28.0 Å². The minimum Gasteiger partial charge on any atom is -0.497 e. The molecule has 1 atom stereocenters. The lowest BCUT2D eigenvalue weighted by atomic mass is 9.98. The van der Waals surface area contributed by atoms with E-state index < -0.39 is 6.04 Å². The van der Waals surface area contributed by atoms with Gasteiger partial charge in [0.05, 0.1) is 24.1 Å². The average Bonchev–Trinajstić information content (AvgIpc) is 3.07. The lowest BCUT2D eigenvalue weighted by Crippen LogP contribution is -2.29. The van der Waals surface area contributed by atoms with Crippen LogP contribution in [-0.2, 0) is 0 Å². The van der Waals surface area contributed by atoms with Gasteiger partial charge in [-0.05, 0) is 42.0 Å². The van der Waals surface area contributed by atoms with Gasteiger partial charge in [0, 0.05) is 5.69 Å². The minimum atomic E-state index is -0.562. The van der Waals surface area contributed by atoms with Gasteiger partial charge >= 0.3 is 0 Å².